The number of urea groups is 1. The molecule has 1 saturated heterocycles. The highest BCUT2D eigenvalue weighted by Gasteiger charge is 2.27. The van der Waals surface area contributed by atoms with Crippen LogP contribution in [0.5, 0.6) is 0 Å². The van der Waals surface area contributed by atoms with Crippen molar-refractivity contribution in [2.75, 3.05) is 18.4 Å². The molecular weight excluding hydrogens is 280 g/mol. The number of benzene rings is 1. The van der Waals surface area contributed by atoms with Gasteiger partial charge in [-0.3, -0.25) is 4.79 Å². The number of carbonyl (C=O) groups is 2. The van der Waals surface area contributed by atoms with Crippen molar-refractivity contribution in [3.63, 3.8) is 0 Å². The Kier molecular flexibility index (Phi) is 5.41. The molecule has 120 valence electrons. The number of likely N-dealkylation sites (tertiary alicyclic amines) is 1. The number of amides is 2. The predicted octanol–water partition coefficient (Wildman–Crippen LogP) is 3.14. The van der Waals surface area contributed by atoms with Crippen LogP contribution < -0.4 is 5.32 Å². The fourth-order valence-electron chi connectivity index (χ4n) is 2.92. The number of carboxylic acid groups (broad SMARTS) is 1. The van der Waals surface area contributed by atoms with Crippen molar-refractivity contribution < 1.29 is 14.7 Å². The Labute approximate surface area is 131 Å². The molecule has 1 aromatic carbocycles. The van der Waals surface area contributed by atoms with Crippen LogP contribution in [0.3, 0.4) is 0 Å². The zero-order valence-electron chi connectivity index (χ0n) is 13.3. The van der Waals surface area contributed by atoms with E-state index in [0.29, 0.717) is 25.9 Å². The number of carbonyl (C=O) groups excluding carboxylic acids is 1. The van der Waals surface area contributed by atoms with Gasteiger partial charge in [-0.2, -0.15) is 0 Å². The van der Waals surface area contributed by atoms with Gasteiger partial charge in [-0.25, -0.2) is 4.79 Å². The van der Waals surface area contributed by atoms with Crippen molar-refractivity contribution in [2.24, 2.45) is 5.92 Å². The second-order valence-electron chi connectivity index (χ2n) is 5.69. The van der Waals surface area contributed by atoms with E-state index in [0.717, 1.165) is 29.7 Å². The number of hydrogen-bond acceptors (Lipinski definition) is 2. The third kappa shape index (κ3) is 3.59. The fraction of sp³-hybridized carbons (Fsp3) is 0.529. The van der Waals surface area contributed by atoms with Gasteiger partial charge in [0.2, 0.25) is 0 Å². The molecule has 1 fully saturated rings. The van der Waals surface area contributed by atoms with Gasteiger partial charge >= 0.3 is 12.0 Å². The van der Waals surface area contributed by atoms with Crippen LogP contribution in [0.25, 0.3) is 0 Å². The number of aliphatic carboxylic acids is 1. The van der Waals surface area contributed by atoms with E-state index in [4.69, 9.17) is 5.11 Å². The Hall–Kier alpha value is -2.04. The zero-order valence-corrected chi connectivity index (χ0v) is 13.3. The molecule has 0 aromatic heterocycles. The van der Waals surface area contributed by atoms with E-state index in [2.05, 4.69) is 19.2 Å². The summed E-state index contributed by atoms with van der Waals surface area (Å²) in [6.07, 6.45) is 2.78. The van der Waals surface area contributed by atoms with Gasteiger partial charge in [-0.05, 0) is 36.8 Å². The molecule has 5 heteroatoms. The predicted molar refractivity (Wildman–Crippen MR) is 86.1 cm³/mol. The maximum atomic E-state index is 12.4. The maximum absolute atomic E-state index is 12.4. The summed E-state index contributed by atoms with van der Waals surface area (Å²) < 4.78 is 0. The average Bonchev–Trinajstić information content (AvgIpc) is 2.55. The molecule has 1 aliphatic rings. The van der Waals surface area contributed by atoms with Gasteiger partial charge in [0.1, 0.15) is 0 Å². The van der Waals surface area contributed by atoms with E-state index in [-0.39, 0.29) is 11.9 Å². The van der Waals surface area contributed by atoms with E-state index < -0.39 is 5.97 Å². The van der Waals surface area contributed by atoms with Crippen LogP contribution in [-0.4, -0.2) is 35.1 Å². The lowest BCUT2D eigenvalue weighted by molar-refractivity contribution is -0.143. The number of carboxylic acids is 1. The van der Waals surface area contributed by atoms with Gasteiger partial charge in [-0.1, -0.05) is 32.0 Å². The first-order valence-electron chi connectivity index (χ1n) is 7.96. The molecule has 0 spiro atoms. The largest absolute Gasteiger partial charge is 0.481 e. The van der Waals surface area contributed by atoms with E-state index >= 15 is 0 Å². The fourth-order valence-corrected chi connectivity index (χ4v) is 2.92. The Bertz CT molecular complexity index is 527. The van der Waals surface area contributed by atoms with Gasteiger partial charge in [0.15, 0.2) is 0 Å². The van der Waals surface area contributed by atoms with Crippen molar-refractivity contribution in [1.29, 1.82) is 0 Å². The first kappa shape index (κ1) is 16.3. The van der Waals surface area contributed by atoms with Crippen LogP contribution in [0.1, 0.15) is 37.8 Å². The van der Waals surface area contributed by atoms with Crippen molar-refractivity contribution in [2.45, 2.75) is 39.5 Å². The zero-order chi connectivity index (χ0) is 16.1. The summed E-state index contributed by atoms with van der Waals surface area (Å²) in [7, 11) is 0. The number of piperidine rings is 1. The third-order valence-corrected chi connectivity index (χ3v) is 4.36. The number of anilines is 1. The molecule has 0 atom stereocenters. The number of nitrogens with zero attached hydrogens (tertiary/aromatic N) is 1. The molecule has 0 saturated carbocycles. The highest BCUT2D eigenvalue weighted by atomic mass is 16.4. The number of para-hydroxylation sites is 1. The summed E-state index contributed by atoms with van der Waals surface area (Å²) in [4.78, 5) is 25.1. The summed E-state index contributed by atoms with van der Waals surface area (Å²) in [5.74, 6) is -1.08. The minimum absolute atomic E-state index is 0.126. The Balaban J connectivity index is 2.05. The lowest BCUT2D eigenvalue weighted by Crippen LogP contribution is -2.42. The van der Waals surface area contributed by atoms with Crippen LogP contribution in [0.15, 0.2) is 18.2 Å². The van der Waals surface area contributed by atoms with Crippen LogP contribution in [-0.2, 0) is 17.6 Å². The van der Waals surface area contributed by atoms with Gasteiger partial charge in [0.25, 0.3) is 0 Å². The monoisotopic (exact) mass is 304 g/mol. The van der Waals surface area contributed by atoms with Crippen LogP contribution >= 0.6 is 0 Å². The van der Waals surface area contributed by atoms with Gasteiger partial charge < -0.3 is 15.3 Å². The van der Waals surface area contributed by atoms with E-state index in [9.17, 15) is 9.59 Å². The topological polar surface area (TPSA) is 69.6 Å². The van der Waals surface area contributed by atoms with Crippen LogP contribution in [0.4, 0.5) is 10.5 Å². The quantitative estimate of drug-likeness (QED) is 0.898. The van der Waals surface area contributed by atoms with Crippen LogP contribution in [0.2, 0.25) is 0 Å². The summed E-state index contributed by atoms with van der Waals surface area (Å²) >= 11 is 0. The molecule has 1 aliphatic heterocycles. The molecule has 0 aliphatic carbocycles. The van der Waals surface area contributed by atoms with Gasteiger partial charge in [-0.15, -0.1) is 0 Å². The van der Waals surface area contributed by atoms with Gasteiger partial charge in [0, 0.05) is 18.8 Å². The summed E-state index contributed by atoms with van der Waals surface area (Å²) in [5, 5.41) is 12.1. The smallest absolute Gasteiger partial charge is 0.321 e. The Morgan fingerprint density at radius 2 is 1.73 bits per heavy atom. The summed E-state index contributed by atoms with van der Waals surface area (Å²) in [6, 6.07) is 5.96. The van der Waals surface area contributed by atoms with E-state index in [1.165, 1.54) is 0 Å². The van der Waals surface area contributed by atoms with Crippen LogP contribution in [0, 0.1) is 5.92 Å². The average molecular weight is 304 g/mol. The molecule has 0 unspecified atom stereocenters. The minimum Gasteiger partial charge on any atom is -0.481 e. The molecule has 2 amide bonds. The number of rotatable bonds is 4. The second-order valence-corrected chi connectivity index (χ2v) is 5.69. The third-order valence-electron chi connectivity index (χ3n) is 4.36. The van der Waals surface area contributed by atoms with Crippen molar-refractivity contribution in [3.8, 4) is 0 Å². The second kappa shape index (κ2) is 7.29. The Morgan fingerprint density at radius 1 is 1.18 bits per heavy atom. The first-order chi connectivity index (χ1) is 10.6. The molecule has 0 radical (unpaired) electrons. The van der Waals surface area contributed by atoms with Gasteiger partial charge in [0.05, 0.1) is 5.92 Å². The SMILES string of the molecule is CCc1cccc(CC)c1NC(=O)N1CCC(C(=O)O)CC1. The standard InChI is InChI=1S/C17H24N2O3/c1-3-12-6-5-7-13(4-2)15(12)18-17(22)19-10-8-14(9-11-19)16(20)21/h5-7,14H,3-4,8-11H2,1-2H3,(H,18,22)(H,20,21). The maximum Gasteiger partial charge on any atom is 0.321 e. The van der Waals surface area contributed by atoms with Crippen molar-refractivity contribution >= 4 is 17.7 Å². The highest BCUT2D eigenvalue weighted by Crippen LogP contribution is 2.24. The summed E-state index contributed by atoms with van der Waals surface area (Å²) in [6.45, 7) is 5.14. The lowest BCUT2D eigenvalue weighted by atomic mass is 9.97. The normalized spacial score (nSPS) is 15.6. The Morgan fingerprint density at radius 3 is 2.18 bits per heavy atom. The van der Waals surface area contributed by atoms with E-state index in [1.807, 2.05) is 18.2 Å². The summed E-state index contributed by atoms with van der Waals surface area (Å²) in [5.41, 5.74) is 3.18. The molecular formula is C17H24N2O3. The number of aryl methyl sites for hydroxylation is 2. The lowest BCUT2D eigenvalue weighted by Gasteiger charge is -2.30. The minimum atomic E-state index is -0.760. The molecule has 1 heterocycles. The first-order valence-corrected chi connectivity index (χ1v) is 7.96. The molecule has 22 heavy (non-hydrogen) atoms. The number of hydrogen-bond donors (Lipinski definition) is 2. The number of nitrogens with one attached hydrogen (secondary N) is 1. The molecule has 5 nitrogen and oxygen atoms in total. The van der Waals surface area contributed by atoms with Crippen molar-refractivity contribution in [3.05, 3.63) is 29.3 Å². The molecule has 2 rings (SSSR count). The molecule has 2 N–H and O–H groups in total. The van der Waals surface area contributed by atoms with Crippen molar-refractivity contribution in [1.82, 2.24) is 4.90 Å². The molecule has 0 bridgehead atoms. The highest BCUT2D eigenvalue weighted by molar-refractivity contribution is 5.91. The molecule has 1 aromatic rings. The van der Waals surface area contributed by atoms with E-state index in [1.54, 1.807) is 4.90 Å².